The molecule has 2 nitrogen and oxygen atoms in total. The van der Waals surface area contributed by atoms with Gasteiger partial charge in [-0.2, -0.15) is 0 Å². The Balaban J connectivity index is 1.89. The van der Waals surface area contributed by atoms with Crippen LogP contribution in [0.3, 0.4) is 0 Å². The quantitative estimate of drug-likeness (QED) is 0.160. The third-order valence-corrected chi connectivity index (χ3v) is 6.48. The fraction of sp³-hybridized carbons (Fsp3) is 0.800. The van der Waals surface area contributed by atoms with Gasteiger partial charge in [0.15, 0.2) is 0 Å². The van der Waals surface area contributed by atoms with Crippen LogP contribution in [0.25, 0.3) is 0 Å². The summed E-state index contributed by atoms with van der Waals surface area (Å²) in [4.78, 5) is 0. The molecule has 2 heteroatoms. The highest BCUT2D eigenvalue weighted by molar-refractivity contribution is 5.46. The number of benzene rings is 1. The molecule has 0 atom stereocenters. The lowest BCUT2D eigenvalue weighted by Gasteiger charge is -2.09. The standard InChI is InChI=1S/C30H55NO/c1-3-5-7-9-11-13-15-17-19-21-27-31-29-23-25-30(26-24-29)32-28-22-20-18-16-14-12-10-8-6-4-2/h23-26,31H,3-22,27-28H2,1-2H3. The summed E-state index contributed by atoms with van der Waals surface area (Å²) in [5.41, 5.74) is 1.22. The first-order chi connectivity index (χ1) is 15.9. The Bertz CT molecular complexity index is 439. The van der Waals surface area contributed by atoms with Gasteiger partial charge in [0, 0.05) is 12.2 Å². The smallest absolute Gasteiger partial charge is 0.119 e. The van der Waals surface area contributed by atoms with Crippen LogP contribution in [0, 0.1) is 0 Å². The number of nitrogens with one attached hydrogen (secondary N) is 1. The van der Waals surface area contributed by atoms with Crippen LogP contribution in [-0.4, -0.2) is 13.2 Å². The van der Waals surface area contributed by atoms with Crippen molar-refractivity contribution >= 4 is 5.69 Å². The molecule has 1 aromatic carbocycles. The van der Waals surface area contributed by atoms with E-state index < -0.39 is 0 Å². The topological polar surface area (TPSA) is 21.3 Å². The maximum absolute atomic E-state index is 5.92. The van der Waals surface area contributed by atoms with Gasteiger partial charge in [0.2, 0.25) is 0 Å². The zero-order valence-corrected chi connectivity index (χ0v) is 21.8. The molecule has 0 saturated carbocycles. The highest BCUT2D eigenvalue weighted by atomic mass is 16.5. The molecule has 0 amide bonds. The molecule has 1 rings (SSSR count). The molecule has 0 bridgehead atoms. The second-order valence-electron chi connectivity index (χ2n) is 9.66. The summed E-state index contributed by atoms with van der Waals surface area (Å²) in [7, 11) is 0. The van der Waals surface area contributed by atoms with Crippen molar-refractivity contribution < 1.29 is 4.74 Å². The molecule has 0 aliphatic heterocycles. The van der Waals surface area contributed by atoms with Crippen LogP contribution in [0.2, 0.25) is 0 Å². The number of rotatable bonds is 24. The van der Waals surface area contributed by atoms with E-state index in [2.05, 4.69) is 43.4 Å². The van der Waals surface area contributed by atoms with Crippen molar-refractivity contribution in [3.63, 3.8) is 0 Å². The molecule has 0 radical (unpaired) electrons. The fourth-order valence-electron chi connectivity index (χ4n) is 4.29. The third kappa shape index (κ3) is 18.4. The fourth-order valence-corrected chi connectivity index (χ4v) is 4.29. The maximum atomic E-state index is 5.92. The molecular weight excluding hydrogens is 390 g/mol. The van der Waals surface area contributed by atoms with Crippen LogP contribution in [0.5, 0.6) is 5.75 Å². The van der Waals surface area contributed by atoms with E-state index in [9.17, 15) is 0 Å². The normalized spacial score (nSPS) is 11.1. The Morgan fingerprint density at radius 1 is 0.500 bits per heavy atom. The maximum Gasteiger partial charge on any atom is 0.119 e. The summed E-state index contributed by atoms with van der Waals surface area (Å²) in [6.07, 6.45) is 27.6. The molecular formula is C30H55NO. The highest BCUT2D eigenvalue weighted by Crippen LogP contribution is 2.17. The second-order valence-corrected chi connectivity index (χ2v) is 9.66. The van der Waals surface area contributed by atoms with Gasteiger partial charge in [-0.05, 0) is 37.1 Å². The van der Waals surface area contributed by atoms with E-state index in [0.717, 1.165) is 18.9 Å². The molecule has 32 heavy (non-hydrogen) atoms. The average molecular weight is 446 g/mol. The Morgan fingerprint density at radius 3 is 1.38 bits per heavy atom. The van der Waals surface area contributed by atoms with E-state index in [-0.39, 0.29) is 0 Å². The van der Waals surface area contributed by atoms with E-state index in [1.807, 2.05) is 0 Å². The van der Waals surface area contributed by atoms with Crippen molar-refractivity contribution in [1.82, 2.24) is 0 Å². The second kappa shape index (κ2) is 23.0. The van der Waals surface area contributed by atoms with Gasteiger partial charge in [0.05, 0.1) is 6.61 Å². The van der Waals surface area contributed by atoms with Gasteiger partial charge < -0.3 is 10.1 Å². The first kappa shape index (κ1) is 28.9. The summed E-state index contributed by atoms with van der Waals surface area (Å²) < 4.78 is 5.92. The lowest BCUT2D eigenvalue weighted by Crippen LogP contribution is -2.02. The van der Waals surface area contributed by atoms with Gasteiger partial charge in [-0.15, -0.1) is 0 Å². The van der Waals surface area contributed by atoms with E-state index in [0.29, 0.717) is 0 Å². The molecule has 0 aliphatic rings. The Kier molecular flexibility index (Phi) is 20.7. The molecule has 0 spiro atoms. The lowest BCUT2D eigenvalue weighted by atomic mass is 10.1. The van der Waals surface area contributed by atoms with Crippen molar-refractivity contribution in [3.05, 3.63) is 24.3 Å². The Hall–Kier alpha value is -1.18. The predicted molar refractivity (Wildman–Crippen MR) is 144 cm³/mol. The largest absolute Gasteiger partial charge is 0.494 e. The summed E-state index contributed by atoms with van der Waals surface area (Å²) in [6.45, 7) is 6.50. The van der Waals surface area contributed by atoms with Crippen LogP contribution in [0.4, 0.5) is 5.69 Å². The molecule has 0 heterocycles. The summed E-state index contributed by atoms with van der Waals surface area (Å²) >= 11 is 0. The summed E-state index contributed by atoms with van der Waals surface area (Å²) in [6, 6.07) is 8.53. The Morgan fingerprint density at radius 2 is 0.906 bits per heavy atom. The van der Waals surface area contributed by atoms with Crippen LogP contribution in [-0.2, 0) is 0 Å². The van der Waals surface area contributed by atoms with Gasteiger partial charge in [0.25, 0.3) is 0 Å². The minimum absolute atomic E-state index is 0.849. The molecule has 0 aliphatic carbocycles. The van der Waals surface area contributed by atoms with E-state index in [1.165, 1.54) is 134 Å². The first-order valence-corrected chi connectivity index (χ1v) is 14.3. The minimum atomic E-state index is 0.849. The summed E-state index contributed by atoms with van der Waals surface area (Å²) in [5.74, 6) is 1.01. The molecule has 186 valence electrons. The molecule has 0 aromatic heterocycles. The number of unbranched alkanes of at least 4 members (excludes halogenated alkanes) is 18. The number of anilines is 1. The number of hydrogen-bond donors (Lipinski definition) is 1. The van der Waals surface area contributed by atoms with Crippen molar-refractivity contribution in [2.24, 2.45) is 0 Å². The van der Waals surface area contributed by atoms with Gasteiger partial charge >= 0.3 is 0 Å². The molecule has 0 fully saturated rings. The zero-order chi connectivity index (χ0) is 23.0. The van der Waals surface area contributed by atoms with Gasteiger partial charge in [-0.1, -0.05) is 129 Å². The average Bonchev–Trinajstić information content (AvgIpc) is 2.82. The molecule has 1 aromatic rings. The van der Waals surface area contributed by atoms with Gasteiger partial charge in [0.1, 0.15) is 5.75 Å². The van der Waals surface area contributed by atoms with E-state index in [1.54, 1.807) is 0 Å². The molecule has 0 saturated heterocycles. The number of ether oxygens (including phenoxy) is 1. The van der Waals surface area contributed by atoms with Crippen molar-refractivity contribution in [2.45, 2.75) is 142 Å². The van der Waals surface area contributed by atoms with E-state index in [4.69, 9.17) is 4.74 Å². The van der Waals surface area contributed by atoms with E-state index >= 15 is 0 Å². The third-order valence-electron chi connectivity index (χ3n) is 6.48. The SMILES string of the molecule is CCCCCCCCCCCCNc1ccc(OCCCCCCCCCCCC)cc1. The monoisotopic (exact) mass is 445 g/mol. The first-order valence-electron chi connectivity index (χ1n) is 14.3. The van der Waals surface area contributed by atoms with Crippen molar-refractivity contribution in [1.29, 1.82) is 0 Å². The highest BCUT2D eigenvalue weighted by Gasteiger charge is 1.98. The van der Waals surface area contributed by atoms with Crippen LogP contribution in [0.15, 0.2) is 24.3 Å². The van der Waals surface area contributed by atoms with Crippen molar-refractivity contribution in [3.8, 4) is 5.75 Å². The summed E-state index contributed by atoms with van der Waals surface area (Å²) in [5, 5.41) is 3.55. The Labute approximate surface area is 201 Å². The van der Waals surface area contributed by atoms with Crippen molar-refractivity contribution in [2.75, 3.05) is 18.5 Å². The van der Waals surface area contributed by atoms with Gasteiger partial charge in [-0.25, -0.2) is 0 Å². The molecule has 1 N–H and O–H groups in total. The lowest BCUT2D eigenvalue weighted by molar-refractivity contribution is 0.304. The predicted octanol–water partition coefficient (Wildman–Crippen LogP) is 10.3. The van der Waals surface area contributed by atoms with Crippen LogP contribution >= 0.6 is 0 Å². The van der Waals surface area contributed by atoms with Gasteiger partial charge in [-0.3, -0.25) is 0 Å². The molecule has 0 unspecified atom stereocenters. The van der Waals surface area contributed by atoms with Crippen LogP contribution < -0.4 is 10.1 Å². The zero-order valence-electron chi connectivity index (χ0n) is 21.8. The number of hydrogen-bond acceptors (Lipinski definition) is 2. The minimum Gasteiger partial charge on any atom is -0.494 e. The van der Waals surface area contributed by atoms with Crippen LogP contribution in [0.1, 0.15) is 142 Å².